The van der Waals surface area contributed by atoms with Gasteiger partial charge in [-0.1, -0.05) is 39.0 Å². The number of aromatic nitrogens is 1. The number of azo groups is 1. The summed E-state index contributed by atoms with van der Waals surface area (Å²) in [5.74, 6) is 4.67. The van der Waals surface area contributed by atoms with E-state index >= 15 is 0 Å². The topological polar surface area (TPSA) is 163 Å². The molecule has 0 radical (unpaired) electrons. The molecule has 1 aromatic carbocycles. The predicted molar refractivity (Wildman–Crippen MR) is 126 cm³/mol. The van der Waals surface area contributed by atoms with Gasteiger partial charge < -0.3 is 21.6 Å². The Labute approximate surface area is 193 Å². The molecule has 0 saturated heterocycles. The SMILES string of the molecule is CCCCCCCC(N)N(C)C(=O)c1ccc(N=Nc2c(C)c(C#N)c(O)n(N)c2=O)cc1. The van der Waals surface area contributed by atoms with Crippen LogP contribution in [0.15, 0.2) is 39.3 Å². The quantitative estimate of drug-likeness (QED) is 0.215. The fourth-order valence-corrected chi connectivity index (χ4v) is 3.31. The van der Waals surface area contributed by atoms with Crippen molar-refractivity contribution in [2.24, 2.45) is 16.0 Å². The minimum Gasteiger partial charge on any atom is -0.492 e. The maximum atomic E-state index is 12.7. The molecule has 10 heteroatoms. The number of nitrogens with two attached hydrogens (primary N) is 2. The highest BCUT2D eigenvalue weighted by Gasteiger charge is 2.19. The normalized spacial score (nSPS) is 12.0. The van der Waals surface area contributed by atoms with Gasteiger partial charge in [0.1, 0.15) is 11.6 Å². The molecule has 1 unspecified atom stereocenters. The van der Waals surface area contributed by atoms with Crippen LogP contribution in [0.2, 0.25) is 0 Å². The highest BCUT2D eigenvalue weighted by molar-refractivity contribution is 5.94. The lowest BCUT2D eigenvalue weighted by molar-refractivity contribution is 0.0726. The monoisotopic (exact) mass is 453 g/mol. The highest BCUT2D eigenvalue weighted by Crippen LogP contribution is 2.25. The summed E-state index contributed by atoms with van der Waals surface area (Å²) in [6.07, 6.45) is 6.04. The lowest BCUT2D eigenvalue weighted by Gasteiger charge is -2.25. The van der Waals surface area contributed by atoms with Crippen molar-refractivity contribution >= 4 is 17.3 Å². The molecule has 0 saturated carbocycles. The van der Waals surface area contributed by atoms with E-state index in [0.29, 0.717) is 15.9 Å². The van der Waals surface area contributed by atoms with Crippen LogP contribution in [0.3, 0.4) is 0 Å². The van der Waals surface area contributed by atoms with Crippen LogP contribution in [-0.2, 0) is 0 Å². The molecule has 1 heterocycles. The summed E-state index contributed by atoms with van der Waals surface area (Å²) < 4.78 is 0.449. The van der Waals surface area contributed by atoms with Crippen molar-refractivity contribution in [3.8, 4) is 11.9 Å². The van der Waals surface area contributed by atoms with Gasteiger partial charge in [0.15, 0.2) is 5.69 Å². The average Bonchev–Trinajstić information content (AvgIpc) is 2.82. The Bertz CT molecular complexity index is 1100. The van der Waals surface area contributed by atoms with Gasteiger partial charge in [-0.05, 0) is 37.6 Å². The number of aromatic hydroxyl groups is 1. The molecule has 2 aromatic rings. The van der Waals surface area contributed by atoms with Crippen LogP contribution in [0, 0.1) is 18.3 Å². The van der Waals surface area contributed by atoms with E-state index in [9.17, 15) is 20.0 Å². The number of rotatable bonds is 10. The molecule has 176 valence electrons. The summed E-state index contributed by atoms with van der Waals surface area (Å²) in [7, 11) is 1.69. The summed E-state index contributed by atoms with van der Waals surface area (Å²) in [4.78, 5) is 26.5. The Balaban J connectivity index is 2.10. The number of hydrogen-bond acceptors (Lipinski definition) is 8. The van der Waals surface area contributed by atoms with Gasteiger partial charge in [-0.25, -0.2) is 0 Å². The van der Waals surface area contributed by atoms with E-state index in [-0.39, 0.29) is 28.9 Å². The summed E-state index contributed by atoms with van der Waals surface area (Å²) >= 11 is 0. The van der Waals surface area contributed by atoms with Gasteiger partial charge in [0.2, 0.25) is 5.88 Å². The molecule has 0 aliphatic carbocycles. The van der Waals surface area contributed by atoms with E-state index in [1.54, 1.807) is 37.4 Å². The van der Waals surface area contributed by atoms with E-state index in [2.05, 4.69) is 17.2 Å². The number of benzene rings is 1. The number of carbonyl (C=O) groups is 1. The summed E-state index contributed by atoms with van der Waals surface area (Å²) in [5, 5.41) is 26.9. The molecule has 0 fully saturated rings. The van der Waals surface area contributed by atoms with Gasteiger partial charge in [-0.2, -0.15) is 15.1 Å². The maximum Gasteiger partial charge on any atom is 0.299 e. The Morgan fingerprint density at radius 3 is 2.45 bits per heavy atom. The predicted octanol–water partition coefficient (Wildman–Crippen LogP) is 3.58. The summed E-state index contributed by atoms with van der Waals surface area (Å²) in [6, 6.07) is 8.17. The Morgan fingerprint density at radius 1 is 1.21 bits per heavy atom. The number of carbonyl (C=O) groups excluding carboxylic acids is 1. The third-order valence-electron chi connectivity index (χ3n) is 5.52. The smallest absolute Gasteiger partial charge is 0.299 e. The molecule has 0 bridgehead atoms. The second-order valence-electron chi connectivity index (χ2n) is 7.89. The van der Waals surface area contributed by atoms with Gasteiger partial charge >= 0.3 is 0 Å². The van der Waals surface area contributed by atoms with Crippen LogP contribution in [-0.4, -0.2) is 33.8 Å². The number of nitriles is 1. The lowest BCUT2D eigenvalue weighted by Crippen LogP contribution is -2.43. The zero-order valence-corrected chi connectivity index (χ0v) is 19.3. The number of amides is 1. The van der Waals surface area contributed by atoms with Gasteiger partial charge in [0, 0.05) is 18.2 Å². The van der Waals surface area contributed by atoms with Crippen LogP contribution >= 0.6 is 0 Å². The van der Waals surface area contributed by atoms with E-state index < -0.39 is 11.4 Å². The molecular weight excluding hydrogens is 422 g/mol. The van der Waals surface area contributed by atoms with Crippen molar-refractivity contribution in [1.29, 1.82) is 5.26 Å². The van der Waals surface area contributed by atoms with Gasteiger partial charge in [-0.15, -0.1) is 5.11 Å². The molecule has 0 aliphatic rings. The fourth-order valence-electron chi connectivity index (χ4n) is 3.31. The van der Waals surface area contributed by atoms with Gasteiger partial charge in [0.25, 0.3) is 11.5 Å². The third-order valence-corrected chi connectivity index (χ3v) is 5.52. The van der Waals surface area contributed by atoms with Gasteiger partial charge in [0.05, 0.1) is 11.9 Å². The number of unbranched alkanes of at least 4 members (excludes halogenated alkanes) is 4. The zero-order chi connectivity index (χ0) is 24.5. The molecule has 5 N–H and O–H groups in total. The van der Waals surface area contributed by atoms with E-state index in [0.717, 1.165) is 19.3 Å². The number of pyridine rings is 1. The second kappa shape index (κ2) is 11.8. The molecule has 0 aliphatic heterocycles. The first-order valence-corrected chi connectivity index (χ1v) is 10.9. The zero-order valence-electron chi connectivity index (χ0n) is 19.3. The lowest BCUT2D eigenvalue weighted by atomic mass is 10.1. The van der Waals surface area contributed by atoms with Crippen molar-refractivity contribution < 1.29 is 9.90 Å². The first-order valence-electron chi connectivity index (χ1n) is 10.9. The van der Waals surface area contributed by atoms with Crippen molar-refractivity contribution in [2.45, 2.75) is 58.5 Å². The third kappa shape index (κ3) is 6.17. The van der Waals surface area contributed by atoms with Crippen LogP contribution in [0.4, 0.5) is 11.4 Å². The number of hydrogen-bond donors (Lipinski definition) is 3. The maximum absolute atomic E-state index is 12.7. The van der Waals surface area contributed by atoms with Crippen LogP contribution in [0.1, 0.15) is 66.9 Å². The average molecular weight is 454 g/mol. The molecule has 1 amide bonds. The van der Waals surface area contributed by atoms with Crippen molar-refractivity contribution in [3.05, 3.63) is 51.3 Å². The van der Waals surface area contributed by atoms with E-state index in [1.165, 1.54) is 31.1 Å². The largest absolute Gasteiger partial charge is 0.492 e. The van der Waals surface area contributed by atoms with Crippen molar-refractivity contribution in [1.82, 2.24) is 9.58 Å². The first-order chi connectivity index (χ1) is 15.7. The van der Waals surface area contributed by atoms with E-state index in [1.807, 2.05) is 0 Å². The minimum absolute atomic E-state index is 0.156. The molecule has 33 heavy (non-hydrogen) atoms. The molecule has 1 atom stereocenters. The summed E-state index contributed by atoms with van der Waals surface area (Å²) in [6.45, 7) is 3.64. The van der Waals surface area contributed by atoms with Crippen molar-refractivity contribution in [2.75, 3.05) is 12.9 Å². The Morgan fingerprint density at radius 2 is 1.85 bits per heavy atom. The minimum atomic E-state index is -0.787. The van der Waals surface area contributed by atoms with E-state index in [4.69, 9.17) is 11.6 Å². The molecule has 10 nitrogen and oxygen atoms in total. The molecular formula is C23H31N7O3. The molecule has 2 rings (SSSR count). The molecule has 1 aromatic heterocycles. The van der Waals surface area contributed by atoms with Crippen LogP contribution in [0.5, 0.6) is 5.88 Å². The Kier molecular flexibility index (Phi) is 9.12. The number of nitrogen functional groups attached to an aromatic ring is 1. The standard InChI is InChI=1S/C23H31N7O3/c1-4-5-6-7-8-9-19(25)29(3)21(31)16-10-12-17(13-11-16)27-28-20-15(2)18(14-24)22(32)30(26)23(20)33/h10-13,19,32H,4-9,25-26H2,1-3H3. The highest BCUT2D eigenvalue weighted by atomic mass is 16.3. The van der Waals surface area contributed by atoms with Crippen LogP contribution < -0.4 is 17.1 Å². The molecule has 0 spiro atoms. The number of nitrogens with zero attached hydrogens (tertiary/aromatic N) is 5. The van der Waals surface area contributed by atoms with Crippen molar-refractivity contribution in [3.63, 3.8) is 0 Å². The summed E-state index contributed by atoms with van der Waals surface area (Å²) in [5.41, 5.74) is 6.09. The van der Waals surface area contributed by atoms with Crippen LogP contribution in [0.25, 0.3) is 0 Å². The van der Waals surface area contributed by atoms with Gasteiger partial charge in [-0.3, -0.25) is 9.59 Å². The fraction of sp³-hybridized carbons (Fsp3) is 0.435. The second-order valence-corrected chi connectivity index (χ2v) is 7.89. The Hall–Kier alpha value is -3.71. The first kappa shape index (κ1) is 25.5.